The van der Waals surface area contributed by atoms with E-state index in [-0.39, 0.29) is 0 Å². The Balaban J connectivity index is 2.34. The summed E-state index contributed by atoms with van der Waals surface area (Å²) in [6, 6.07) is 0.621. The zero-order chi connectivity index (χ0) is 10.6. The molecular weight excluding hydrogens is 192 g/mol. The molecule has 0 bridgehead atoms. The van der Waals surface area contributed by atoms with Gasteiger partial charge in [-0.25, -0.2) is 0 Å². The van der Waals surface area contributed by atoms with Gasteiger partial charge in [-0.05, 0) is 44.3 Å². The van der Waals surface area contributed by atoms with Gasteiger partial charge in [-0.2, -0.15) is 0 Å². The second kappa shape index (κ2) is 5.54. The van der Waals surface area contributed by atoms with E-state index in [0.717, 1.165) is 18.2 Å². The van der Waals surface area contributed by atoms with Crippen LogP contribution in [0.25, 0.3) is 0 Å². The highest BCUT2D eigenvalue weighted by atomic mass is 32.1. The highest BCUT2D eigenvalue weighted by Crippen LogP contribution is 2.16. The summed E-state index contributed by atoms with van der Waals surface area (Å²) < 4.78 is 0. The molecule has 0 aromatic heterocycles. The van der Waals surface area contributed by atoms with Gasteiger partial charge in [0.25, 0.3) is 0 Å². The van der Waals surface area contributed by atoms with Gasteiger partial charge < -0.3 is 10.2 Å². The summed E-state index contributed by atoms with van der Waals surface area (Å²) in [5, 5.41) is 4.29. The maximum Gasteiger partial charge on any atom is 0.169 e. The van der Waals surface area contributed by atoms with Crippen molar-refractivity contribution in [2.24, 2.45) is 5.92 Å². The van der Waals surface area contributed by atoms with Crippen molar-refractivity contribution in [2.75, 3.05) is 13.1 Å². The van der Waals surface area contributed by atoms with E-state index < -0.39 is 0 Å². The van der Waals surface area contributed by atoms with Crippen molar-refractivity contribution < 1.29 is 0 Å². The second-order valence-corrected chi connectivity index (χ2v) is 5.00. The Hall–Kier alpha value is -0.310. The monoisotopic (exact) mass is 214 g/mol. The van der Waals surface area contributed by atoms with Crippen molar-refractivity contribution in [2.45, 2.75) is 46.1 Å². The van der Waals surface area contributed by atoms with Crippen LogP contribution in [0.15, 0.2) is 0 Å². The Labute approximate surface area is 93.1 Å². The van der Waals surface area contributed by atoms with E-state index in [9.17, 15) is 0 Å². The van der Waals surface area contributed by atoms with Crippen molar-refractivity contribution in [3.8, 4) is 0 Å². The van der Waals surface area contributed by atoms with Gasteiger partial charge in [0.15, 0.2) is 5.11 Å². The molecule has 1 fully saturated rings. The normalized spacial score (nSPS) is 22.6. The molecule has 0 aliphatic carbocycles. The van der Waals surface area contributed by atoms with Crippen molar-refractivity contribution in [3.63, 3.8) is 0 Å². The van der Waals surface area contributed by atoms with Crippen LogP contribution in [0.1, 0.15) is 40.0 Å². The fourth-order valence-electron chi connectivity index (χ4n) is 1.79. The predicted molar refractivity (Wildman–Crippen MR) is 65.5 cm³/mol. The average molecular weight is 214 g/mol. The third-order valence-corrected chi connectivity index (χ3v) is 3.10. The van der Waals surface area contributed by atoms with Crippen molar-refractivity contribution >= 4 is 17.3 Å². The molecule has 2 nitrogen and oxygen atoms in total. The molecule has 1 unspecified atom stereocenters. The minimum Gasteiger partial charge on any atom is -0.362 e. The zero-order valence-corrected chi connectivity index (χ0v) is 10.4. The minimum atomic E-state index is 0.621. The van der Waals surface area contributed by atoms with Gasteiger partial charge in [0.05, 0.1) is 0 Å². The van der Waals surface area contributed by atoms with Gasteiger partial charge in [-0.1, -0.05) is 13.8 Å². The van der Waals surface area contributed by atoms with E-state index >= 15 is 0 Å². The zero-order valence-electron chi connectivity index (χ0n) is 9.55. The van der Waals surface area contributed by atoms with Crippen molar-refractivity contribution in [1.29, 1.82) is 0 Å². The molecule has 1 heterocycles. The lowest BCUT2D eigenvalue weighted by Gasteiger charge is -2.35. The fraction of sp³-hybridized carbons (Fsp3) is 0.909. The maximum absolute atomic E-state index is 5.38. The summed E-state index contributed by atoms with van der Waals surface area (Å²) in [4.78, 5) is 2.33. The number of thiocarbonyl (C=S) groups is 1. The maximum atomic E-state index is 5.38. The Bertz CT molecular complexity index is 192. The van der Waals surface area contributed by atoms with Gasteiger partial charge >= 0.3 is 0 Å². The van der Waals surface area contributed by atoms with Crippen LogP contribution < -0.4 is 5.32 Å². The van der Waals surface area contributed by atoms with E-state index in [0.29, 0.717) is 12.0 Å². The molecule has 0 aromatic carbocycles. The molecule has 0 radical (unpaired) electrons. The highest BCUT2D eigenvalue weighted by Gasteiger charge is 2.20. The first-order chi connectivity index (χ1) is 6.61. The first-order valence-corrected chi connectivity index (χ1v) is 6.06. The fourth-order valence-corrected chi connectivity index (χ4v) is 2.15. The third-order valence-electron chi connectivity index (χ3n) is 2.73. The molecule has 0 aromatic rings. The lowest BCUT2D eigenvalue weighted by molar-refractivity contribution is 0.255. The molecule has 1 aliphatic heterocycles. The summed E-state index contributed by atoms with van der Waals surface area (Å²) in [6.45, 7) is 8.79. The van der Waals surface area contributed by atoms with Crippen LogP contribution in [0, 0.1) is 5.92 Å². The Morgan fingerprint density at radius 1 is 1.50 bits per heavy atom. The Kier molecular flexibility index (Phi) is 4.66. The highest BCUT2D eigenvalue weighted by molar-refractivity contribution is 7.80. The molecule has 0 saturated carbocycles. The number of piperidine rings is 1. The van der Waals surface area contributed by atoms with Gasteiger partial charge in [-0.3, -0.25) is 0 Å². The Morgan fingerprint density at radius 2 is 2.21 bits per heavy atom. The SMILES string of the molecule is CC(C)CNC(=S)N1CCCCC1C. The number of nitrogens with zero attached hydrogens (tertiary/aromatic N) is 1. The van der Waals surface area contributed by atoms with Crippen LogP contribution in [0.4, 0.5) is 0 Å². The molecule has 82 valence electrons. The summed E-state index contributed by atoms with van der Waals surface area (Å²) in [5.41, 5.74) is 0. The molecule has 0 amide bonds. The van der Waals surface area contributed by atoms with E-state index in [1.807, 2.05) is 0 Å². The molecular formula is C11H22N2S. The number of rotatable bonds is 2. The third kappa shape index (κ3) is 3.45. The van der Waals surface area contributed by atoms with Crippen LogP contribution in [0.2, 0.25) is 0 Å². The summed E-state index contributed by atoms with van der Waals surface area (Å²) >= 11 is 5.38. The van der Waals surface area contributed by atoms with Crippen LogP contribution in [0.5, 0.6) is 0 Å². The lowest BCUT2D eigenvalue weighted by Crippen LogP contribution is -2.48. The van der Waals surface area contributed by atoms with E-state index in [1.165, 1.54) is 19.3 Å². The summed E-state index contributed by atoms with van der Waals surface area (Å²) in [5.74, 6) is 0.660. The predicted octanol–water partition coefficient (Wildman–Crippen LogP) is 2.39. The first-order valence-electron chi connectivity index (χ1n) is 5.65. The number of likely N-dealkylation sites (tertiary alicyclic amines) is 1. The molecule has 3 heteroatoms. The molecule has 14 heavy (non-hydrogen) atoms. The quantitative estimate of drug-likeness (QED) is 0.711. The van der Waals surface area contributed by atoms with Gasteiger partial charge in [0.2, 0.25) is 0 Å². The summed E-state index contributed by atoms with van der Waals surface area (Å²) in [7, 11) is 0. The largest absolute Gasteiger partial charge is 0.362 e. The van der Waals surface area contributed by atoms with E-state index in [1.54, 1.807) is 0 Å². The standard InChI is InChI=1S/C11H22N2S/c1-9(2)8-12-11(14)13-7-5-4-6-10(13)3/h9-10H,4-8H2,1-3H3,(H,12,14). The van der Waals surface area contributed by atoms with Crippen LogP contribution >= 0.6 is 12.2 Å². The molecule has 1 N–H and O–H groups in total. The van der Waals surface area contributed by atoms with Gasteiger partial charge in [0.1, 0.15) is 0 Å². The smallest absolute Gasteiger partial charge is 0.169 e. The molecule has 1 rings (SSSR count). The van der Waals surface area contributed by atoms with Crippen LogP contribution in [0.3, 0.4) is 0 Å². The van der Waals surface area contributed by atoms with E-state index in [4.69, 9.17) is 12.2 Å². The average Bonchev–Trinajstić information content (AvgIpc) is 2.15. The number of nitrogens with one attached hydrogen (secondary N) is 1. The minimum absolute atomic E-state index is 0.621. The molecule has 1 aliphatic rings. The first kappa shape index (κ1) is 11.8. The van der Waals surface area contributed by atoms with Gasteiger partial charge in [-0.15, -0.1) is 0 Å². The molecule has 1 saturated heterocycles. The lowest BCUT2D eigenvalue weighted by atomic mass is 10.0. The Morgan fingerprint density at radius 3 is 2.79 bits per heavy atom. The topological polar surface area (TPSA) is 15.3 Å². The second-order valence-electron chi connectivity index (χ2n) is 4.62. The van der Waals surface area contributed by atoms with Gasteiger partial charge in [0, 0.05) is 19.1 Å². The molecule has 0 spiro atoms. The van der Waals surface area contributed by atoms with Crippen LogP contribution in [-0.2, 0) is 0 Å². The van der Waals surface area contributed by atoms with Crippen molar-refractivity contribution in [3.05, 3.63) is 0 Å². The summed E-state index contributed by atoms with van der Waals surface area (Å²) in [6.07, 6.45) is 3.92. The van der Waals surface area contributed by atoms with E-state index in [2.05, 4.69) is 31.0 Å². The molecule has 1 atom stereocenters. The van der Waals surface area contributed by atoms with Crippen LogP contribution in [-0.4, -0.2) is 29.1 Å². The number of hydrogen-bond acceptors (Lipinski definition) is 1. The number of hydrogen-bond donors (Lipinski definition) is 1. The van der Waals surface area contributed by atoms with Crippen molar-refractivity contribution in [1.82, 2.24) is 10.2 Å².